The summed E-state index contributed by atoms with van der Waals surface area (Å²) in [5.41, 5.74) is 0. The normalized spacial score (nSPS) is 12.5. The van der Waals surface area contributed by atoms with Crippen molar-refractivity contribution in [3.63, 3.8) is 0 Å². The molecule has 0 atom stereocenters. The van der Waals surface area contributed by atoms with Gasteiger partial charge < -0.3 is 0 Å². The van der Waals surface area contributed by atoms with Crippen LogP contribution in [0.4, 0.5) is 13.9 Å². The Kier molecular flexibility index (Phi) is 4.96. The first-order valence-corrected chi connectivity index (χ1v) is 9.99. The van der Waals surface area contributed by atoms with Crippen molar-refractivity contribution in [3.8, 4) is 0 Å². The van der Waals surface area contributed by atoms with Gasteiger partial charge in [0.05, 0.1) is 4.90 Å². The quantitative estimate of drug-likeness (QED) is 0.817. The molecule has 0 fully saturated rings. The predicted octanol–water partition coefficient (Wildman–Crippen LogP) is 1.90. The van der Waals surface area contributed by atoms with Crippen molar-refractivity contribution in [1.82, 2.24) is 10.2 Å². The first-order chi connectivity index (χ1) is 10.7. The number of sulfonamides is 1. The second-order valence-corrected chi connectivity index (χ2v) is 8.81. The topological polar surface area (TPSA) is 106 Å². The van der Waals surface area contributed by atoms with E-state index in [0.717, 1.165) is 29.5 Å². The Labute approximate surface area is 135 Å². The van der Waals surface area contributed by atoms with Crippen LogP contribution in [0.15, 0.2) is 34.1 Å². The van der Waals surface area contributed by atoms with Crippen LogP contribution in [0.5, 0.6) is 0 Å². The summed E-state index contributed by atoms with van der Waals surface area (Å²) < 4.78 is 75.4. The van der Waals surface area contributed by atoms with Crippen LogP contribution in [0.3, 0.4) is 0 Å². The van der Waals surface area contributed by atoms with E-state index >= 15 is 0 Å². The zero-order valence-corrected chi connectivity index (χ0v) is 14.1. The van der Waals surface area contributed by atoms with Crippen LogP contribution in [-0.4, -0.2) is 32.8 Å². The van der Waals surface area contributed by atoms with E-state index in [0.29, 0.717) is 11.4 Å². The second-order valence-electron chi connectivity index (χ2n) is 4.21. The van der Waals surface area contributed by atoms with Gasteiger partial charge in [-0.05, 0) is 18.6 Å². The lowest BCUT2D eigenvalue weighted by molar-refractivity contribution is 0.234. The number of nitrogens with one attached hydrogen (secondary N) is 1. The Morgan fingerprint density at radius 3 is 2.26 bits per heavy atom. The Hall–Kier alpha value is -1.66. The number of benzene rings is 1. The molecule has 0 amide bonds. The Morgan fingerprint density at radius 2 is 1.74 bits per heavy atom. The summed E-state index contributed by atoms with van der Waals surface area (Å²) in [5.74, 6) is -3.73. The molecule has 0 saturated heterocycles. The molecule has 0 aliphatic carbocycles. The number of hydrogen-bond donors (Lipinski definition) is 1. The Balaban J connectivity index is 2.49. The average molecular weight is 383 g/mol. The van der Waals surface area contributed by atoms with Gasteiger partial charge in [-0.25, -0.2) is 16.8 Å². The van der Waals surface area contributed by atoms with Crippen molar-refractivity contribution in [2.24, 2.45) is 0 Å². The summed E-state index contributed by atoms with van der Waals surface area (Å²) in [7, 11) is -9.48. The number of sulfone groups is 1. The summed E-state index contributed by atoms with van der Waals surface area (Å²) >= 11 is 0.964. The third-order valence-electron chi connectivity index (χ3n) is 2.67. The maximum atomic E-state index is 12.7. The summed E-state index contributed by atoms with van der Waals surface area (Å²) in [4.78, 5) is -1.74. The lowest BCUT2D eigenvalue weighted by Crippen LogP contribution is -2.19. The number of halogens is 2. The van der Waals surface area contributed by atoms with Crippen LogP contribution in [0, 0.1) is 0 Å². The van der Waals surface area contributed by atoms with E-state index in [1.807, 2.05) is 4.72 Å². The molecule has 1 aromatic carbocycles. The van der Waals surface area contributed by atoms with Gasteiger partial charge >= 0.3 is 5.76 Å². The number of aromatic nitrogens is 2. The van der Waals surface area contributed by atoms with Gasteiger partial charge in [-0.15, -0.1) is 10.2 Å². The highest BCUT2D eigenvalue weighted by molar-refractivity contribution is 7.95. The first kappa shape index (κ1) is 17.7. The van der Waals surface area contributed by atoms with Crippen molar-refractivity contribution in [1.29, 1.82) is 0 Å². The van der Waals surface area contributed by atoms with Crippen LogP contribution >= 0.6 is 11.3 Å². The standard InChI is InChI=1S/C11H11F2N3O4S3/c1-2-9-14-15-11(21-9)16-23(19,20)8-6-4-3-5-7(8)22(17,18)10(12)13/h3-6,10H,2H2,1H3,(H,15,16). The van der Waals surface area contributed by atoms with E-state index in [1.54, 1.807) is 6.92 Å². The van der Waals surface area contributed by atoms with Gasteiger partial charge in [-0.2, -0.15) is 8.78 Å². The monoisotopic (exact) mass is 383 g/mol. The smallest absolute Gasteiger partial charge is 0.253 e. The maximum Gasteiger partial charge on any atom is 0.341 e. The molecule has 7 nitrogen and oxygen atoms in total. The molecular formula is C11H11F2N3O4S3. The molecule has 1 aromatic heterocycles. The molecule has 1 N–H and O–H groups in total. The third kappa shape index (κ3) is 3.64. The maximum absolute atomic E-state index is 12.7. The summed E-state index contributed by atoms with van der Waals surface area (Å²) in [6.45, 7) is 1.79. The summed E-state index contributed by atoms with van der Waals surface area (Å²) in [6, 6.07) is 4.14. The fourth-order valence-electron chi connectivity index (χ4n) is 1.61. The largest absolute Gasteiger partial charge is 0.341 e. The predicted molar refractivity (Wildman–Crippen MR) is 79.7 cm³/mol. The molecule has 0 saturated carbocycles. The fourth-order valence-corrected chi connectivity index (χ4v) is 5.10. The van der Waals surface area contributed by atoms with Crippen molar-refractivity contribution >= 4 is 36.3 Å². The van der Waals surface area contributed by atoms with Crippen molar-refractivity contribution in [2.45, 2.75) is 28.9 Å². The van der Waals surface area contributed by atoms with Crippen LogP contribution in [0.25, 0.3) is 0 Å². The number of rotatable bonds is 6. The van der Waals surface area contributed by atoms with Crippen molar-refractivity contribution < 1.29 is 25.6 Å². The number of hydrogen-bond acceptors (Lipinski definition) is 7. The van der Waals surface area contributed by atoms with Crippen molar-refractivity contribution in [2.75, 3.05) is 4.72 Å². The molecule has 0 unspecified atom stereocenters. The van der Waals surface area contributed by atoms with Crippen LogP contribution in [0.2, 0.25) is 0 Å². The Morgan fingerprint density at radius 1 is 1.13 bits per heavy atom. The molecule has 2 aromatic rings. The minimum Gasteiger partial charge on any atom is -0.253 e. The van der Waals surface area contributed by atoms with Gasteiger partial charge in [0.15, 0.2) is 0 Å². The van der Waals surface area contributed by atoms with E-state index < -0.39 is 35.4 Å². The third-order valence-corrected chi connectivity index (χ3v) is 6.75. The van der Waals surface area contributed by atoms with E-state index in [-0.39, 0.29) is 5.13 Å². The average Bonchev–Trinajstić information content (AvgIpc) is 2.94. The number of alkyl halides is 2. The SMILES string of the molecule is CCc1nnc(NS(=O)(=O)c2ccccc2S(=O)(=O)C(F)F)s1. The van der Waals surface area contributed by atoms with Gasteiger partial charge in [0, 0.05) is 0 Å². The Bertz CT molecular complexity index is 910. The molecule has 0 aliphatic rings. The summed E-state index contributed by atoms with van der Waals surface area (Å²) in [5, 5.41) is 7.81. The molecule has 0 aliphatic heterocycles. The van der Waals surface area contributed by atoms with E-state index in [2.05, 4.69) is 10.2 Å². The molecule has 12 heteroatoms. The van der Waals surface area contributed by atoms with E-state index in [1.165, 1.54) is 6.07 Å². The molecule has 23 heavy (non-hydrogen) atoms. The van der Waals surface area contributed by atoms with Crippen molar-refractivity contribution in [3.05, 3.63) is 29.3 Å². The highest BCUT2D eigenvalue weighted by atomic mass is 32.2. The van der Waals surface area contributed by atoms with Crippen LogP contribution < -0.4 is 4.72 Å². The van der Waals surface area contributed by atoms with Gasteiger partial charge in [-0.3, -0.25) is 4.72 Å². The highest BCUT2D eigenvalue weighted by Gasteiger charge is 2.33. The minimum atomic E-state index is -5.07. The molecule has 0 radical (unpaired) electrons. The molecular weight excluding hydrogens is 372 g/mol. The zero-order valence-electron chi connectivity index (χ0n) is 11.6. The van der Waals surface area contributed by atoms with Gasteiger partial charge in [0.1, 0.15) is 9.90 Å². The molecule has 0 spiro atoms. The lowest BCUT2D eigenvalue weighted by atomic mass is 10.4. The summed E-state index contributed by atoms with van der Waals surface area (Å²) in [6.07, 6.45) is 0.537. The number of nitrogens with zero attached hydrogens (tertiary/aromatic N) is 2. The second kappa shape index (κ2) is 6.45. The van der Waals surface area contributed by atoms with Gasteiger partial charge in [-0.1, -0.05) is 30.4 Å². The van der Waals surface area contributed by atoms with Gasteiger partial charge in [0.2, 0.25) is 15.0 Å². The number of aryl methyl sites for hydroxylation is 1. The van der Waals surface area contributed by atoms with E-state index in [4.69, 9.17) is 0 Å². The minimum absolute atomic E-state index is 0.0777. The fraction of sp³-hybridized carbons (Fsp3) is 0.273. The highest BCUT2D eigenvalue weighted by Crippen LogP contribution is 2.28. The molecule has 126 valence electrons. The van der Waals surface area contributed by atoms with E-state index in [9.17, 15) is 25.6 Å². The molecule has 0 bridgehead atoms. The van der Waals surface area contributed by atoms with Crippen LogP contribution in [-0.2, 0) is 26.3 Å². The molecule has 1 heterocycles. The molecule has 2 rings (SSSR count). The van der Waals surface area contributed by atoms with Gasteiger partial charge in [0.25, 0.3) is 10.0 Å². The zero-order chi connectivity index (χ0) is 17.3. The lowest BCUT2D eigenvalue weighted by Gasteiger charge is -2.10. The first-order valence-electron chi connectivity index (χ1n) is 6.14. The van der Waals surface area contributed by atoms with Crippen LogP contribution in [0.1, 0.15) is 11.9 Å². The number of anilines is 1.